The monoisotopic (exact) mass is 289 g/mol. The number of imidazole rings is 1. The summed E-state index contributed by atoms with van der Waals surface area (Å²) in [6.45, 7) is 2.93. The number of hydrogen-bond donors (Lipinski definition) is 0. The third kappa shape index (κ3) is 2.87. The molecule has 0 amide bonds. The Bertz CT molecular complexity index is 819. The van der Waals surface area contributed by atoms with Crippen LogP contribution >= 0.6 is 0 Å². The Morgan fingerprint density at radius 2 is 1.95 bits per heavy atom. The fraction of sp³-hybridized carbons (Fsp3) is 0.263. The number of benzene rings is 2. The van der Waals surface area contributed by atoms with Crippen LogP contribution in [0, 0.1) is 11.3 Å². The second-order valence-corrected chi connectivity index (χ2v) is 5.52. The lowest BCUT2D eigenvalue weighted by atomic mass is 10.0. The van der Waals surface area contributed by atoms with E-state index in [2.05, 4.69) is 65.0 Å². The predicted molar refractivity (Wildman–Crippen MR) is 88.6 cm³/mol. The van der Waals surface area contributed by atoms with Crippen LogP contribution in [0.3, 0.4) is 0 Å². The van der Waals surface area contributed by atoms with E-state index in [-0.39, 0.29) is 0 Å². The van der Waals surface area contributed by atoms with Gasteiger partial charge in [-0.3, -0.25) is 0 Å². The molecule has 0 radical (unpaired) electrons. The van der Waals surface area contributed by atoms with Crippen LogP contribution in [-0.2, 0) is 13.0 Å². The smallest absolute Gasteiger partial charge is 0.158 e. The molecule has 3 aromatic rings. The van der Waals surface area contributed by atoms with Crippen molar-refractivity contribution in [3.63, 3.8) is 0 Å². The van der Waals surface area contributed by atoms with Crippen LogP contribution in [-0.4, -0.2) is 9.55 Å². The number of nitriles is 1. The molecule has 0 unspecified atom stereocenters. The zero-order valence-corrected chi connectivity index (χ0v) is 12.8. The van der Waals surface area contributed by atoms with Crippen molar-refractivity contribution in [2.75, 3.05) is 0 Å². The highest BCUT2D eigenvalue weighted by Crippen LogP contribution is 2.20. The summed E-state index contributed by atoms with van der Waals surface area (Å²) in [5.74, 6) is 1.01. The second kappa shape index (κ2) is 6.44. The van der Waals surface area contributed by atoms with Gasteiger partial charge in [-0.05, 0) is 22.8 Å². The summed E-state index contributed by atoms with van der Waals surface area (Å²) in [6.07, 6.45) is 5.01. The van der Waals surface area contributed by atoms with Gasteiger partial charge in [-0.25, -0.2) is 4.98 Å². The van der Waals surface area contributed by atoms with Crippen LogP contribution in [0.1, 0.15) is 36.8 Å². The highest BCUT2D eigenvalue weighted by atomic mass is 15.1. The lowest BCUT2D eigenvalue weighted by Crippen LogP contribution is -2.04. The second-order valence-electron chi connectivity index (χ2n) is 5.52. The van der Waals surface area contributed by atoms with E-state index >= 15 is 0 Å². The maximum Gasteiger partial charge on any atom is 0.158 e. The van der Waals surface area contributed by atoms with E-state index in [0.717, 1.165) is 31.6 Å². The number of unbranched alkanes of at least 4 members (excludes halogenated alkanes) is 1. The Labute approximate surface area is 130 Å². The summed E-state index contributed by atoms with van der Waals surface area (Å²) in [6, 6.07) is 16.9. The molecule has 0 saturated carbocycles. The average Bonchev–Trinajstić information content (AvgIpc) is 2.95. The van der Waals surface area contributed by atoms with E-state index in [9.17, 15) is 0 Å². The maximum atomic E-state index is 9.11. The highest BCUT2D eigenvalue weighted by molar-refractivity contribution is 5.85. The predicted octanol–water partition coefficient (Wildman–Crippen LogP) is 4.30. The van der Waals surface area contributed by atoms with Crippen molar-refractivity contribution in [2.24, 2.45) is 0 Å². The molecule has 110 valence electrons. The molecule has 0 atom stereocenters. The van der Waals surface area contributed by atoms with Crippen LogP contribution in [0.4, 0.5) is 0 Å². The van der Waals surface area contributed by atoms with E-state index in [0.29, 0.717) is 5.69 Å². The van der Waals surface area contributed by atoms with Crippen LogP contribution in [0.25, 0.3) is 10.8 Å². The lowest BCUT2D eigenvalue weighted by molar-refractivity contribution is 0.680. The first kappa shape index (κ1) is 14.3. The number of fused-ring (bicyclic) bond motifs is 1. The van der Waals surface area contributed by atoms with Gasteiger partial charge in [0.2, 0.25) is 0 Å². The van der Waals surface area contributed by atoms with E-state index in [1.165, 1.54) is 16.3 Å². The number of aryl methyl sites for hydroxylation is 1. The largest absolute Gasteiger partial charge is 0.329 e. The van der Waals surface area contributed by atoms with Crippen LogP contribution in [0.2, 0.25) is 0 Å². The molecule has 3 heteroatoms. The van der Waals surface area contributed by atoms with Crippen molar-refractivity contribution in [1.82, 2.24) is 9.55 Å². The number of aromatic nitrogens is 2. The molecule has 0 fully saturated rings. The average molecular weight is 289 g/mol. The minimum atomic E-state index is 0.506. The Balaban J connectivity index is 1.98. The summed E-state index contributed by atoms with van der Waals surface area (Å²) in [5, 5.41) is 11.6. The topological polar surface area (TPSA) is 41.6 Å². The Kier molecular flexibility index (Phi) is 4.20. The van der Waals surface area contributed by atoms with Gasteiger partial charge < -0.3 is 4.57 Å². The third-order valence-electron chi connectivity index (χ3n) is 3.95. The van der Waals surface area contributed by atoms with E-state index in [4.69, 9.17) is 5.26 Å². The summed E-state index contributed by atoms with van der Waals surface area (Å²) in [5.41, 5.74) is 1.77. The van der Waals surface area contributed by atoms with Crippen molar-refractivity contribution in [3.8, 4) is 6.07 Å². The van der Waals surface area contributed by atoms with Gasteiger partial charge in [0, 0.05) is 19.2 Å². The van der Waals surface area contributed by atoms with Crippen LogP contribution in [0.15, 0.2) is 48.7 Å². The fourth-order valence-corrected chi connectivity index (χ4v) is 2.79. The SMILES string of the molecule is CCCCc1nc(C#N)cn1Cc1cccc2ccccc12. The van der Waals surface area contributed by atoms with E-state index in [1.54, 1.807) is 0 Å². The Morgan fingerprint density at radius 3 is 2.77 bits per heavy atom. The van der Waals surface area contributed by atoms with Crippen LogP contribution < -0.4 is 0 Å². The zero-order chi connectivity index (χ0) is 15.4. The first-order valence-corrected chi connectivity index (χ1v) is 7.74. The third-order valence-corrected chi connectivity index (χ3v) is 3.95. The molecular weight excluding hydrogens is 270 g/mol. The van der Waals surface area contributed by atoms with Crippen molar-refractivity contribution < 1.29 is 0 Å². The van der Waals surface area contributed by atoms with Gasteiger partial charge >= 0.3 is 0 Å². The number of rotatable bonds is 5. The molecule has 1 aromatic heterocycles. The van der Waals surface area contributed by atoms with Crippen molar-refractivity contribution in [3.05, 3.63) is 65.7 Å². The summed E-state index contributed by atoms with van der Waals surface area (Å²) in [7, 11) is 0. The van der Waals surface area contributed by atoms with Gasteiger partial charge in [-0.2, -0.15) is 5.26 Å². The summed E-state index contributed by atoms with van der Waals surface area (Å²) < 4.78 is 2.12. The Hall–Kier alpha value is -2.60. The molecule has 0 aliphatic heterocycles. The van der Waals surface area contributed by atoms with Crippen molar-refractivity contribution in [2.45, 2.75) is 32.7 Å². The van der Waals surface area contributed by atoms with Crippen LogP contribution in [0.5, 0.6) is 0 Å². The van der Waals surface area contributed by atoms with Gasteiger partial charge in [0.25, 0.3) is 0 Å². The fourth-order valence-electron chi connectivity index (χ4n) is 2.79. The molecule has 0 aliphatic rings. The van der Waals surface area contributed by atoms with E-state index < -0.39 is 0 Å². The van der Waals surface area contributed by atoms with Gasteiger partial charge in [0.1, 0.15) is 11.9 Å². The molecule has 0 bridgehead atoms. The lowest BCUT2D eigenvalue weighted by Gasteiger charge is -2.10. The van der Waals surface area contributed by atoms with E-state index in [1.807, 2.05) is 6.20 Å². The molecule has 0 N–H and O–H groups in total. The molecule has 2 aromatic carbocycles. The first-order valence-electron chi connectivity index (χ1n) is 7.74. The molecule has 0 aliphatic carbocycles. The standard InChI is InChI=1S/C19H19N3/c1-2-3-11-19-21-17(12-20)14-22(19)13-16-9-6-8-15-7-4-5-10-18(15)16/h4-10,14H,2-3,11,13H2,1H3. The van der Waals surface area contributed by atoms with Gasteiger partial charge in [0.05, 0.1) is 0 Å². The minimum absolute atomic E-state index is 0.506. The maximum absolute atomic E-state index is 9.11. The summed E-state index contributed by atoms with van der Waals surface area (Å²) in [4.78, 5) is 4.44. The van der Waals surface area contributed by atoms with Gasteiger partial charge in [0.15, 0.2) is 5.69 Å². The molecular formula is C19H19N3. The van der Waals surface area contributed by atoms with Crippen molar-refractivity contribution >= 4 is 10.8 Å². The highest BCUT2D eigenvalue weighted by Gasteiger charge is 2.09. The normalized spacial score (nSPS) is 10.7. The number of nitrogens with zero attached hydrogens (tertiary/aromatic N) is 3. The van der Waals surface area contributed by atoms with Crippen molar-refractivity contribution in [1.29, 1.82) is 5.26 Å². The number of hydrogen-bond acceptors (Lipinski definition) is 2. The van der Waals surface area contributed by atoms with Gasteiger partial charge in [-0.1, -0.05) is 55.8 Å². The molecule has 0 spiro atoms. The molecule has 3 nitrogen and oxygen atoms in total. The zero-order valence-electron chi connectivity index (χ0n) is 12.8. The quantitative estimate of drug-likeness (QED) is 0.702. The summed E-state index contributed by atoms with van der Waals surface area (Å²) >= 11 is 0. The molecule has 1 heterocycles. The minimum Gasteiger partial charge on any atom is -0.329 e. The molecule has 0 saturated heterocycles. The molecule has 22 heavy (non-hydrogen) atoms. The Morgan fingerprint density at radius 1 is 1.14 bits per heavy atom. The first-order chi connectivity index (χ1) is 10.8. The van der Waals surface area contributed by atoms with Gasteiger partial charge in [-0.15, -0.1) is 0 Å². The molecule has 3 rings (SSSR count).